The largest absolute Gasteiger partial charge is 0.360 e. The van der Waals surface area contributed by atoms with Crippen molar-refractivity contribution in [3.05, 3.63) is 17.5 Å². The summed E-state index contributed by atoms with van der Waals surface area (Å²) in [5.41, 5.74) is 0.993. The lowest BCUT2D eigenvalue weighted by Crippen LogP contribution is -2.27. The van der Waals surface area contributed by atoms with Crippen LogP contribution in [-0.2, 0) is 13.1 Å². The van der Waals surface area contributed by atoms with Crippen LogP contribution in [0.15, 0.2) is 10.6 Å². The lowest BCUT2D eigenvalue weighted by Gasteiger charge is -2.21. The Morgan fingerprint density at radius 1 is 1.50 bits per heavy atom. The van der Waals surface area contributed by atoms with Crippen LogP contribution in [0.25, 0.3) is 0 Å². The van der Waals surface area contributed by atoms with Gasteiger partial charge in [-0.15, -0.1) is 0 Å². The molecule has 0 aromatic carbocycles. The van der Waals surface area contributed by atoms with Crippen LogP contribution in [0.5, 0.6) is 0 Å². The summed E-state index contributed by atoms with van der Waals surface area (Å²) in [4.78, 5) is 2.55. The van der Waals surface area contributed by atoms with Crippen LogP contribution in [0.3, 0.4) is 0 Å². The first kappa shape index (κ1) is 13.6. The third kappa shape index (κ3) is 4.10. The molecule has 0 atom stereocenters. The average molecular weight is 251 g/mol. The van der Waals surface area contributed by atoms with Crippen LogP contribution in [0.1, 0.15) is 44.6 Å². The molecule has 2 rings (SSSR count). The Labute approximate surface area is 110 Å². The van der Waals surface area contributed by atoms with Crippen molar-refractivity contribution in [1.29, 1.82) is 0 Å². The van der Waals surface area contributed by atoms with Crippen molar-refractivity contribution in [2.75, 3.05) is 13.6 Å². The molecule has 1 saturated carbocycles. The highest BCUT2D eigenvalue weighted by Gasteiger charge is 2.29. The van der Waals surface area contributed by atoms with Gasteiger partial charge >= 0.3 is 0 Å². The molecule has 1 N–H and O–H groups in total. The third-order valence-electron chi connectivity index (χ3n) is 3.38. The van der Waals surface area contributed by atoms with Crippen LogP contribution >= 0.6 is 0 Å². The molecule has 1 fully saturated rings. The van der Waals surface area contributed by atoms with E-state index in [1.165, 1.54) is 25.8 Å². The van der Waals surface area contributed by atoms with E-state index < -0.39 is 0 Å². The number of nitrogens with zero attached hydrogens (tertiary/aromatic N) is 2. The van der Waals surface area contributed by atoms with Gasteiger partial charge in [0.1, 0.15) is 0 Å². The fourth-order valence-electron chi connectivity index (χ4n) is 2.15. The van der Waals surface area contributed by atoms with Gasteiger partial charge in [-0.3, -0.25) is 4.90 Å². The molecule has 1 aliphatic rings. The molecule has 1 aromatic heterocycles. The van der Waals surface area contributed by atoms with Crippen molar-refractivity contribution in [1.82, 2.24) is 15.4 Å². The lowest BCUT2D eigenvalue weighted by atomic mass is 10.1. The van der Waals surface area contributed by atoms with Crippen LogP contribution in [0.4, 0.5) is 0 Å². The maximum Gasteiger partial charge on any atom is 0.151 e. The number of hydrogen-bond donors (Lipinski definition) is 1. The predicted molar refractivity (Wildman–Crippen MR) is 72.2 cm³/mol. The van der Waals surface area contributed by atoms with Crippen LogP contribution in [0, 0.1) is 5.92 Å². The molecule has 0 aliphatic heterocycles. The van der Waals surface area contributed by atoms with E-state index in [4.69, 9.17) is 4.52 Å². The van der Waals surface area contributed by atoms with Gasteiger partial charge in [0, 0.05) is 18.7 Å². The van der Waals surface area contributed by atoms with Gasteiger partial charge < -0.3 is 9.84 Å². The van der Waals surface area contributed by atoms with E-state index >= 15 is 0 Å². The van der Waals surface area contributed by atoms with Crippen LogP contribution in [0.2, 0.25) is 0 Å². The first-order chi connectivity index (χ1) is 8.69. The van der Waals surface area contributed by atoms with Crippen molar-refractivity contribution >= 4 is 0 Å². The Hall–Kier alpha value is -0.870. The fourth-order valence-corrected chi connectivity index (χ4v) is 2.15. The Morgan fingerprint density at radius 3 is 2.89 bits per heavy atom. The topological polar surface area (TPSA) is 41.3 Å². The van der Waals surface area contributed by atoms with E-state index in [1.807, 2.05) is 7.05 Å². The summed E-state index contributed by atoms with van der Waals surface area (Å²) >= 11 is 0. The summed E-state index contributed by atoms with van der Waals surface area (Å²) in [6, 6.07) is 2.85. The lowest BCUT2D eigenvalue weighted by molar-refractivity contribution is 0.211. The fraction of sp³-hybridized carbons (Fsp3) is 0.786. The molecule has 1 aliphatic carbocycles. The van der Waals surface area contributed by atoms with E-state index in [0.717, 1.165) is 36.5 Å². The summed E-state index contributed by atoms with van der Waals surface area (Å²) in [6.07, 6.45) is 3.94. The molecule has 0 bridgehead atoms. The second-order valence-corrected chi connectivity index (χ2v) is 5.70. The van der Waals surface area contributed by atoms with Crippen molar-refractivity contribution in [2.45, 2.75) is 52.2 Å². The first-order valence-electron chi connectivity index (χ1n) is 7.02. The molecule has 18 heavy (non-hydrogen) atoms. The van der Waals surface area contributed by atoms with Gasteiger partial charge in [-0.1, -0.05) is 19.0 Å². The third-order valence-corrected chi connectivity index (χ3v) is 3.38. The second-order valence-electron chi connectivity index (χ2n) is 5.70. The standard InChI is InChI=1S/C14H25N3O/c1-11(2)6-7-17(13-4-5-13)10-14-8-12(9-15-3)16-18-14/h8,11,13,15H,4-7,9-10H2,1-3H3. The molecule has 0 spiro atoms. The van der Waals surface area contributed by atoms with Crippen molar-refractivity contribution in [2.24, 2.45) is 5.92 Å². The summed E-state index contributed by atoms with van der Waals surface area (Å²) in [5.74, 6) is 1.76. The van der Waals surface area contributed by atoms with Gasteiger partial charge in [0.15, 0.2) is 5.76 Å². The SMILES string of the molecule is CNCc1cc(CN(CCC(C)C)C2CC2)on1. The number of hydrogen-bond acceptors (Lipinski definition) is 4. The van der Waals surface area contributed by atoms with E-state index in [-0.39, 0.29) is 0 Å². The molecule has 102 valence electrons. The van der Waals surface area contributed by atoms with Crippen LogP contribution in [-0.4, -0.2) is 29.7 Å². The highest BCUT2D eigenvalue weighted by atomic mass is 16.5. The van der Waals surface area contributed by atoms with E-state index in [1.54, 1.807) is 0 Å². The van der Waals surface area contributed by atoms with Gasteiger partial charge in [-0.05, 0) is 38.8 Å². The highest BCUT2D eigenvalue weighted by molar-refractivity contribution is 5.05. The maximum absolute atomic E-state index is 5.40. The zero-order chi connectivity index (χ0) is 13.0. The number of aromatic nitrogens is 1. The number of nitrogens with one attached hydrogen (secondary N) is 1. The molecule has 4 heteroatoms. The van der Waals surface area contributed by atoms with Gasteiger partial charge in [0.2, 0.25) is 0 Å². The molecule has 1 aromatic rings. The Kier molecular flexibility index (Phi) is 4.78. The van der Waals surface area contributed by atoms with Crippen molar-refractivity contribution in [3.8, 4) is 0 Å². The second kappa shape index (κ2) is 6.34. The van der Waals surface area contributed by atoms with E-state index in [9.17, 15) is 0 Å². The van der Waals surface area contributed by atoms with Crippen molar-refractivity contribution in [3.63, 3.8) is 0 Å². The van der Waals surface area contributed by atoms with Gasteiger partial charge in [-0.2, -0.15) is 0 Å². The molecular weight excluding hydrogens is 226 g/mol. The Morgan fingerprint density at radius 2 is 2.28 bits per heavy atom. The zero-order valence-corrected chi connectivity index (χ0v) is 11.8. The smallest absolute Gasteiger partial charge is 0.151 e. The summed E-state index contributed by atoms with van der Waals surface area (Å²) in [5, 5.41) is 7.16. The molecule has 0 saturated heterocycles. The predicted octanol–water partition coefficient (Wildman–Crippen LogP) is 2.40. The molecule has 0 unspecified atom stereocenters. The minimum absolute atomic E-state index is 0.765. The Balaban J connectivity index is 1.86. The molecule has 0 radical (unpaired) electrons. The van der Waals surface area contributed by atoms with Crippen molar-refractivity contribution < 1.29 is 4.52 Å². The van der Waals surface area contributed by atoms with E-state index in [0.29, 0.717) is 0 Å². The monoisotopic (exact) mass is 251 g/mol. The number of rotatable bonds is 8. The van der Waals surface area contributed by atoms with Gasteiger partial charge in [0.25, 0.3) is 0 Å². The van der Waals surface area contributed by atoms with Gasteiger partial charge in [-0.25, -0.2) is 0 Å². The summed E-state index contributed by atoms with van der Waals surface area (Å²) in [6.45, 7) is 7.42. The Bertz CT molecular complexity index is 358. The highest BCUT2D eigenvalue weighted by Crippen LogP contribution is 2.29. The molecule has 4 nitrogen and oxygen atoms in total. The maximum atomic E-state index is 5.40. The quantitative estimate of drug-likeness (QED) is 0.770. The van der Waals surface area contributed by atoms with E-state index in [2.05, 4.69) is 35.3 Å². The van der Waals surface area contributed by atoms with Gasteiger partial charge in [0.05, 0.1) is 12.2 Å². The molecule has 0 amide bonds. The zero-order valence-electron chi connectivity index (χ0n) is 11.8. The molecular formula is C14H25N3O. The average Bonchev–Trinajstić information content (AvgIpc) is 3.07. The first-order valence-corrected chi connectivity index (χ1v) is 7.02. The summed E-state index contributed by atoms with van der Waals surface area (Å²) in [7, 11) is 1.92. The minimum atomic E-state index is 0.765. The molecule has 1 heterocycles. The van der Waals surface area contributed by atoms with Crippen LogP contribution < -0.4 is 5.32 Å². The summed E-state index contributed by atoms with van der Waals surface area (Å²) < 4.78 is 5.40. The minimum Gasteiger partial charge on any atom is -0.360 e. The normalized spacial score (nSPS) is 15.8.